The van der Waals surface area contributed by atoms with Crippen molar-refractivity contribution < 1.29 is 27.6 Å². The van der Waals surface area contributed by atoms with Gasteiger partial charge < -0.3 is 9.57 Å². The Morgan fingerprint density at radius 2 is 1.49 bits per heavy atom. The van der Waals surface area contributed by atoms with E-state index in [2.05, 4.69) is 14.9 Å². The third-order valence-electron chi connectivity index (χ3n) is 5.80. The molecule has 0 radical (unpaired) electrons. The number of hydrogen-bond donors (Lipinski definition) is 1. The first-order valence-electron chi connectivity index (χ1n) is 11.9. The molecule has 2 aromatic rings. The van der Waals surface area contributed by atoms with E-state index in [1.807, 2.05) is 48.5 Å². The molecular formula is C27H33N3O6S. The Labute approximate surface area is 218 Å². The third-order valence-corrected chi connectivity index (χ3v) is 6.35. The summed E-state index contributed by atoms with van der Waals surface area (Å²) in [5, 5.41) is 4.03. The van der Waals surface area contributed by atoms with Gasteiger partial charge in [0.05, 0.1) is 23.1 Å². The molecule has 0 saturated heterocycles. The Kier molecular flexibility index (Phi) is 8.22. The van der Waals surface area contributed by atoms with Crippen molar-refractivity contribution in [3.8, 4) is 11.1 Å². The van der Waals surface area contributed by atoms with Crippen molar-refractivity contribution in [3.63, 3.8) is 0 Å². The number of ether oxygens (including phenoxy) is 1. The molecule has 3 rings (SSSR count). The van der Waals surface area contributed by atoms with E-state index in [1.165, 1.54) is 0 Å². The molecular weight excluding hydrogens is 494 g/mol. The van der Waals surface area contributed by atoms with Crippen LogP contribution in [0.3, 0.4) is 0 Å². The summed E-state index contributed by atoms with van der Waals surface area (Å²) in [4.78, 5) is 33.6. The minimum atomic E-state index is -3.60. The van der Waals surface area contributed by atoms with Gasteiger partial charge in [0.2, 0.25) is 15.9 Å². The second-order valence-corrected chi connectivity index (χ2v) is 11.9. The molecule has 37 heavy (non-hydrogen) atoms. The number of benzene rings is 2. The molecule has 0 heterocycles. The highest BCUT2D eigenvalue weighted by molar-refractivity contribution is 7.89. The van der Waals surface area contributed by atoms with Gasteiger partial charge in [0.1, 0.15) is 12.2 Å². The van der Waals surface area contributed by atoms with E-state index in [4.69, 9.17) is 9.57 Å². The zero-order valence-corrected chi connectivity index (χ0v) is 22.8. The van der Waals surface area contributed by atoms with Crippen molar-refractivity contribution in [2.75, 3.05) is 6.26 Å². The average molecular weight is 528 g/mol. The van der Waals surface area contributed by atoms with Crippen molar-refractivity contribution in [2.45, 2.75) is 65.1 Å². The maximum Gasteiger partial charge on any atom is 0.434 e. The van der Waals surface area contributed by atoms with Crippen LogP contribution in [0, 0.1) is 0 Å². The number of amides is 2. The first-order valence-corrected chi connectivity index (χ1v) is 13.7. The molecule has 0 atom stereocenters. The fraction of sp³-hybridized carbons (Fsp3) is 0.407. The molecule has 1 aliphatic rings. The molecule has 0 spiro atoms. The van der Waals surface area contributed by atoms with E-state index < -0.39 is 33.0 Å². The normalized spacial score (nSPS) is 15.6. The first kappa shape index (κ1) is 28.0. The lowest BCUT2D eigenvalue weighted by Crippen LogP contribution is -2.38. The van der Waals surface area contributed by atoms with E-state index >= 15 is 0 Å². The topological polar surface area (TPSA) is 123 Å². The molecule has 0 aromatic heterocycles. The van der Waals surface area contributed by atoms with E-state index in [1.54, 1.807) is 34.6 Å². The van der Waals surface area contributed by atoms with Crippen LogP contribution in [0.4, 0.5) is 4.79 Å². The summed E-state index contributed by atoms with van der Waals surface area (Å²) in [7, 11) is -3.60. The molecule has 0 aliphatic heterocycles. The van der Waals surface area contributed by atoms with Gasteiger partial charge in [-0.05, 0) is 69.7 Å². The summed E-state index contributed by atoms with van der Waals surface area (Å²) in [5.41, 5.74) is 3.17. The van der Waals surface area contributed by atoms with Gasteiger partial charge in [-0.15, -0.1) is 0 Å². The molecule has 10 heteroatoms. The molecule has 9 nitrogen and oxygen atoms in total. The molecule has 2 aromatic carbocycles. The van der Waals surface area contributed by atoms with Crippen LogP contribution in [0.5, 0.6) is 0 Å². The molecule has 0 bridgehead atoms. The van der Waals surface area contributed by atoms with Crippen molar-refractivity contribution in [1.29, 1.82) is 0 Å². The number of oxime groups is 1. The molecule has 2 amide bonds. The average Bonchev–Trinajstić information content (AvgIpc) is 3.59. The van der Waals surface area contributed by atoms with E-state index in [-0.39, 0.29) is 6.61 Å². The summed E-state index contributed by atoms with van der Waals surface area (Å²) >= 11 is 0. The van der Waals surface area contributed by atoms with Crippen LogP contribution in [0.25, 0.3) is 11.1 Å². The zero-order chi connectivity index (χ0) is 27.4. The molecule has 198 valence electrons. The lowest BCUT2D eigenvalue weighted by molar-refractivity contribution is -0.121. The highest BCUT2D eigenvalue weighted by atomic mass is 32.2. The van der Waals surface area contributed by atoms with Crippen molar-refractivity contribution >= 4 is 33.4 Å². The van der Waals surface area contributed by atoms with Crippen LogP contribution < -0.4 is 4.72 Å². The Morgan fingerprint density at radius 3 is 1.97 bits per heavy atom. The Balaban J connectivity index is 1.59. The van der Waals surface area contributed by atoms with Crippen molar-refractivity contribution in [2.24, 2.45) is 10.1 Å². The standard InChI is InChI=1S/C27H33N3O6S/c1-18(28-25(32)36-26(3,4)5)19(2)29-35-17-20-7-9-21(10-8-20)22-11-13-23(14-12-22)27(15-16-27)24(31)30-37(6,33)34/h7-14H,15-17H2,1-6H3,(H,30,31). The Bertz CT molecular complexity index is 1320. The maximum atomic E-state index is 12.5. The fourth-order valence-corrected chi connectivity index (χ4v) is 4.12. The second-order valence-electron chi connectivity index (χ2n) is 10.2. The minimum Gasteiger partial charge on any atom is -0.442 e. The monoisotopic (exact) mass is 527 g/mol. The molecule has 1 fully saturated rings. The molecule has 1 saturated carbocycles. The lowest BCUT2D eigenvalue weighted by atomic mass is 9.93. The summed E-state index contributed by atoms with van der Waals surface area (Å²) in [5.74, 6) is -0.476. The SMILES string of the molecule is CC(=NOCc1ccc(-c2ccc(C3(C(=O)NS(C)(=O)=O)CC3)cc2)cc1)C(C)=NC(=O)OC(C)(C)C. The van der Waals surface area contributed by atoms with Crippen LogP contribution >= 0.6 is 0 Å². The van der Waals surface area contributed by atoms with Crippen molar-refractivity contribution in [3.05, 3.63) is 59.7 Å². The fourth-order valence-electron chi connectivity index (χ4n) is 3.59. The summed E-state index contributed by atoms with van der Waals surface area (Å²) < 4.78 is 30.2. The van der Waals surface area contributed by atoms with Crippen LogP contribution in [-0.2, 0) is 36.4 Å². The number of rotatable bonds is 8. The van der Waals surface area contributed by atoms with Crippen molar-refractivity contribution in [1.82, 2.24) is 4.72 Å². The number of aliphatic imine (C=N–C) groups is 1. The number of carbonyl (C=O) groups is 2. The predicted octanol–water partition coefficient (Wildman–Crippen LogP) is 4.75. The van der Waals surface area contributed by atoms with Gasteiger partial charge in [-0.2, -0.15) is 4.99 Å². The van der Waals surface area contributed by atoms with E-state index in [0.717, 1.165) is 28.5 Å². The van der Waals surface area contributed by atoms with Gasteiger partial charge in [-0.25, -0.2) is 13.2 Å². The first-order chi connectivity index (χ1) is 17.2. The molecule has 0 unspecified atom stereocenters. The molecule has 1 N–H and O–H groups in total. The van der Waals surface area contributed by atoms with Gasteiger partial charge in [-0.3, -0.25) is 9.52 Å². The van der Waals surface area contributed by atoms with Crippen LogP contribution in [-0.4, -0.2) is 43.7 Å². The second kappa shape index (κ2) is 10.8. The van der Waals surface area contributed by atoms with Crippen LogP contribution in [0.2, 0.25) is 0 Å². The third kappa shape index (κ3) is 7.98. The highest BCUT2D eigenvalue weighted by Gasteiger charge is 2.52. The van der Waals surface area contributed by atoms with Crippen LogP contribution in [0.15, 0.2) is 58.7 Å². The number of hydrogen-bond acceptors (Lipinski definition) is 7. The summed E-state index contributed by atoms with van der Waals surface area (Å²) in [6.45, 7) is 8.92. The molecule has 1 aliphatic carbocycles. The van der Waals surface area contributed by atoms with E-state index in [0.29, 0.717) is 24.3 Å². The maximum absolute atomic E-state index is 12.5. The van der Waals surface area contributed by atoms with Gasteiger partial charge in [-0.1, -0.05) is 53.7 Å². The van der Waals surface area contributed by atoms with Gasteiger partial charge >= 0.3 is 6.09 Å². The smallest absolute Gasteiger partial charge is 0.434 e. The Morgan fingerprint density at radius 1 is 0.946 bits per heavy atom. The number of nitrogens with one attached hydrogen (secondary N) is 1. The number of carbonyl (C=O) groups excluding carboxylic acids is 2. The lowest BCUT2D eigenvalue weighted by Gasteiger charge is -2.17. The quantitative estimate of drug-likeness (QED) is 0.390. The number of sulfonamides is 1. The van der Waals surface area contributed by atoms with E-state index in [9.17, 15) is 18.0 Å². The summed E-state index contributed by atoms with van der Waals surface area (Å²) in [6, 6.07) is 15.4. The zero-order valence-electron chi connectivity index (χ0n) is 22.0. The largest absolute Gasteiger partial charge is 0.442 e. The predicted molar refractivity (Wildman–Crippen MR) is 143 cm³/mol. The Hall–Kier alpha value is -3.53. The number of nitrogens with zero attached hydrogens (tertiary/aromatic N) is 2. The highest BCUT2D eigenvalue weighted by Crippen LogP contribution is 2.48. The van der Waals surface area contributed by atoms with Crippen LogP contribution in [0.1, 0.15) is 58.6 Å². The van der Waals surface area contributed by atoms with Gasteiger partial charge in [0.25, 0.3) is 0 Å². The van der Waals surface area contributed by atoms with Gasteiger partial charge in [0.15, 0.2) is 0 Å². The minimum absolute atomic E-state index is 0.244. The summed E-state index contributed by atoms with van der Waals surface area (Å²) in [6.07, 6.45) is 1.55. The van der Waals surface area contributed by atoms with Gasteiger partial charge in [0, 0.05) is 0 Å².